The number of aliphatic hydroxyl groups excluding tert-OH is 1. The number of aliphatic hydroxyl groups is 1. The zero-order valence-corrected chi connectivity index (χ0v) is 11.8. The van der Waals surface area contributed by atoms with Gasteiger partial charge in [0.1, 0.15) is 0 Å². The van der Waals surface area contributed by atoms with Crippen molar-refractivity contribution >= 4 is 33.4 Å². The van der Waals surface area contributed by atoms with Crippen LogP contribution in [0.5, 0.6) is 0 Å². The molecule has 8 heteroatoms. The maximum absolute atomic E-state index is 11.4. The minimum absolute atomic E-state index is 0.0930. The Morgan fingerprint density at radius 3 is 2.44 bits per heavy atom. The molecule has 1 aromatic carbocycles. The lowest BCUT2D eigenvalue weighted by Crippen LogP contribution is -2.37. The van der Waals surface area contributed by atoms with Gasteiger partial charge >= 0.3 is 0 Å². The lowest BCUT2D eigenvalue weighted by Gasteiger charge is -2.19. The molecule has 0 radical (unpaired) electrons. The topological polar surface area (TPSA) is 83.6 Å². The highest BCUT2D eigenvalue weighted by Gasteiger charge is 2.17. The smallest absolute Gasteiger partial charge is 0.277 e. The van der Waals surface area contributed by atoms with Crippen LogP contribution in [0.1, 0.15) is 12.0 Å². The van der Waals surface area contributed by atoms with E-state index in [-0.39, 0.29) is 19.7 Å². The minimum atomic E-state index is -3.81. The molecule has 0 aliphatic heterocycles. The van der Waals surface area contributed by atoms with Crippen LogP contribution in [-0.4, -0.2) is 31.0 Å². The fourth-order valence-electron chi connectivity index (χ4n) is 1.38. The lowest BCUT2D eigenvalue weighted by atomic mass is 10.2. The highest BCUT2D eigenvalue weighted by molar-refractivity contribution is 7.86. The first-order valence-electron chi connectivity index (χ1n) is 5.17. The second-order valence-electron chi connectivity index (χ2n) is 3.70. The molecule has 0 bridgehead atoms. The molecule has 18 heavy (non-hydrogen) atoms. The van der Waals surface area contributed by atoms with Gasteiger partial charge in [0.2, 0.25) is 0 Å². The Morgan fingerprint density at radius 2 is 1.94 bits per heavy atom. The molecule has 0 fully saturated rings. The SMILES string of the molecule is NS(=O)(=O)N(CCCO)Cc1ccc(Cl)c(Cl)c1. The lowest BCUT2D eigenvalue weighted by molar-refractivity contribution is 0.267. The molecule has 0 spiro atoms. The quantitative estimate of drug-likeness (QED) is 0.832. The van der Waals surface area contributed by atoms with Crippen molar-refractivity contribution in [1.82, 2.24) is 4.31 Å². The van der Waals surface area contributed by atoms with Gasteiger partial charge in [0.25, 0.3) is 10.2 Å². The van der Waals surface area contributed by atoms with Gasteiger partial charge in [-0.3, -0.25) is 0 Å². The standard InChI is InChI=1S/C10H14Cl2N2O3S/c11-9-3-2-8(6-10(9)12)7-14(4-1-5-15)18(13,16)17/h2-3,6,15H,1,4-5,7H2,(H2,13,16,17). The van der Waals surface area contributed by atoms with Gasteiger partial charge in [0.05, 0.1) is 10.0 Å². The third-order valence-corrected chi connectivity index (χ3v) is 4.04. The maximum Gasteiger partial charge on any atom is 0.277 e. The molecule has 102 valence electrons. The van der Waals surface area contributed by atoms with Crippen LogP contribution in [0.25, 0.3) is 0 Å². The van der Waals surface area contributed by atoms with E-state index < -0.39 is 10.2 Å². The van der Waals surface area contributed by atoms with Gasteiger partial charge in [-0.15, -0.1) is 0 Å². The number of halogens is 2. The average Bonchev–Trinajstić information content (AvgIpc) is 2.27. The Kier molecular flexibility index (Phi) is 5.84. The first-order valence-corrected chi connectivity index (χ1v) is 7.43. The number of hydrogen-bond acceptors (Lipinski definition) is 3. The van der Waals surface area contributed by atoms with Crippen LogP contribution in [0.3, 0.4) is 0 Å². The number of benzene rings is 1. The summed E-state index contributed by atoms with van der Waals surface area (Å²) in [6.07, 6.45) is 0.317. The monoisotopic (exact) mass is 312 g/mol. The molecule has 1 aromatic rings. The van der Waals surface area contributed by atoms with E-state index in [0.717, 1.165) is 4.31 Å². The second kappa shape index (κ2) is 6.70. The summed E-state index contributed by atoms with van der Waals surface area (Å²) in [6, 6.07) is 4.85. The predicted octanol–water partition coefficient (Wildman–Crippen LogP) is 1.38. The molecule has 3 N–H and O–H groups in total. The molecule has 1 rings (SSSR count). The Hall–Kier alpha value is -0.370. The number of nitrogens with zero attached hydrogens (tertiary/aromatic N) is 1. The average molecular weight is 313 g/mol. The normalized spacial score (nSPS) is 12.1. The molecule has 0 unspecified atom stereocenters. The highest BCUT2D eigenvalue weighted by atomic mass is 35.5. The van der Waals surface area contributed by atoms with E-state index in [1.54, 1.807) is 18.2 Å². The largest absolute Gasteiger partial charge is 0.396 e. The number of rotatable bonds is 6. The number of hydrogen-bond donors (Lipinski definition) is 2. The Morgan fingerprint density at radius 1 is 1.28 bits per heavy atom. The fourth-order valence-corrected chi connectivity index (χ4v) is 2.42. The minimum Gasteiger partial charge on any atom is -0.396 e. The van der Waals surface area contributed by atoms with E-state index in [1.807, 2.05) is 0 Å². The second-order valence-corrected chi connectivity index (χ2v) is 6.06. The molecule has 0 aliphatic rings. The summed E-state index contributed by atoms with van der Waals surface area (Å²) in [5.74, 6) is 0. The molecule has 0 aliphatic carbocycles. The summed E-state index contributed by atoms with van der Waals surface area (Å²) < 4.78 is 23.8. The van der Waals surface area contributed by atoms with Crippen molar-refractivity contribution in [2.45, 2.75) is 13.0 Å². The summed E-state index contributed by atoms with van der Waals surface area (Å²) in [5.41, 5.74) is 0.677. The van der Waals surface area contributed by atoms with Crippen LogP contribution in [0.4, 0.5) is 0 Å². The predicted molar refractivity (Wildman–Crippen MR) is 71.7 cm³/mol. The van der Waals surface area contributed by atoms with Crippen molar-refractivity contribution in [3.05, 3.63) is 33.8 Å². The van der Waals surface area contributed by atoms with Gasteiger partial charge in [-0.25, -0.2) is 5.14 Å². The van der Waals surface area contributed by atoms with Crippen LogP contribution in [0.15, 0.2) is 18.2 Å². The van der Waals surface area contributed by atoms with Crippen LogP contribution >= 0.6 is 23.2 Å². The van der Waals surface area contributed by atoms with E-state index in [4.69, 9.17) is 33.4 Å². The van der Waals surface area contributed by atoms with Gasteiger partial charge < -0.3 is 5.11 Å². The third-order valence-electron chi connectivity index (χ3n) is 2.27. The fraction of sp³-hybridized carbons (Fsp3) is 0.400. The van der Waals surface area contributed by atoms with Crippen molar-refractivity contribution in [2.24, 2.45) is 5.14 Å². The van der Waals surface area contributed by atoms with Crippen LogP contribution < -0.4 is 5.14 Å². The zero-order chi connectivity index (χ0) is 13.8. The molecule has 0 atom stereocenters. The van der Waals surface area contributed by atoms with Gasteiger partial charge in [0.15, 0.2) is 0 Å². The van der Waals surface area contributed by atoms with Crippen molar-refractivity contribution in [2.75, 3.05) is 13.2 Å². The Balaban J connectivity index is 2.85. The maximum atomic E-state index is 11.4. The Bertz CT molecular complexity index is 508. The number of nitrogens with two attached hydrogens (primary N) is 1. The van der Waals surface area contributed by atoms with Crippen molar-refractivity contribution in [3.8, 4) is 0 Å². The van der Waals surface area contributed by atoms with Crippen LogP contribution in [-0.2, 0) is 16.8 Å². The van der Waals surface area contributed by atoms with Crippen LogP contribution in [0.2, 0.25) is 10.0 Å². The summed E-state index contributed by atoms with van der Waals surface area (Å²) >= 11 is 11.6. The van der Waals surface area contributed by atoms with Gasteiger partial charge in [-0.05, 0) is 24.1 Å². The molecular formula is C10H14Cl2N2O3S. The summed E-state index contributed by atoms with van der Waals surface area (Å²) in [4.78, 5) is 0. The van der Waals surface area contributed by atoms with Crippen LogP contribution in [0, 0.1) is 0 Å². The first-order chi connectivity index (χ1) is 8.34. The molecule has 0 saturated carbocycles. The van der Waals surface area contributed by atoms with E-state index in [2.05, 4.69) is 0 Å². The molecule has 0 saturated heterocycles. The van der Waals surface area contributed by atoms with E-state index in [0.29, 0.717) is 22.0 Å². The van der Waals surface area contributed by atoms with Gasteiger partial charge in [-0.1, -0.05) is 29.3 Å². The highest BCUT2D eigenvalue weighted by Crippen LogP contribution is 2.23. The third kappa shape index (κ3) is 4.72. The first kappa shape index (κ1) is 15.7. The van der Waals surface area contributed by atoms with Gasteiger partial charge in [0, 0.05) is 19.7 Å². The molecule has 0 aromatic heterocycles. The molecule has 5 nitrogen and oxygen atoms in total. The van der Waals surface area contributed by atoms with E-state index in [9.17, 15) is 8.42 Å². The van der Waals surface area contributed by atoms with Crippen molar-refractivity contribution in [1.29, 1.82) is 0 Å². The zero-order valence-electron chi connectivity index (χ0n) is 9.51. The summed E-state index contributed by atoms with van der Waals surface area (Å²) in [7, 11) is -3.81. The van der Waals surface area contributed by atoms with E-state index in [1.165, 1.54) is 0 Å². The Labute approximate surface area is 116 Å². The van der Waals surface area contributed by atoms with Gasteiger partial charge in [-0.2, -0.15) is 12.7 Å². The molecular weight excluding hydrogens is 299 g/mol. The van der Waals surface area contributed by atoms with Crippen molar-refractivity contribution < 1.29 is 13.5 Å². The summed E-state index contributed by atoms with van der Waals surface area (Å²) in [5, 5.41) is 14.6. The molecule has 0 amide bonds. The summed E-state index contributed by atoms with van der Waals surface area (Å²) in [6.45, 7) is 0.138. The molecule has 0 heterocycles. The van der Waals surface area contributed by atoms with E-state index >= 15 is 0 Å². The van der Waals surface area contributed by atoms with Crippen molar-refractivity contribution in [3.63, 3.8) is 0 Å².